The van der Waals surface area contributed by atoms with Gasteiger partial charge in [0, 0.05) is 11.4 Å². The third-order valence-electron chi connectivity index (χ3n) is 6.43. The molecule has 2 unspecified atom stereocenters. The normalized spacial score (nSPS) is 33.7. The molecule has 1 N–H and O–H groups in total. The number of benzene rings is 1. The number of amides is 1. The average molecular weight is 394 g/mol. The maximum atomic E-state index is 13.6. The highest BCUT2D eigenvalue weighted by Gasteiger charge is 2.60. The van der Waals surface area contributed by atoms with Gasteiger partial charge in [-0.25, -0.2) is 4.39 Å². The van der Waals surface area contributed by atoms with Crippen molar-refractivity contribution in [2.45, 2.75) is 49.8 Å². The second-order valence-corrected chi connectivity index (χ2v) is 9.46. The first-order chi connectivity index (χ1) is 12.9. The van der Waals surface area contributed by atoms with Gasteiger partial charge >= 0.3 is 5.97 Å². The smallest absolute Gasteiger partial charge is 0.312 e. The molecule has 0 spiro atoms. The molecule has 0 saturated heterocycles. The molecule has 4 aliphatic rings. The van der Waals surface area contributed by atoms with E-state index in [0.717, 1.165) is 25.7 Å². The fraction of sp³-hybridized carbons (Fsp3) is 0.619. The van der Waals surface area contributed by atoms with E-state index in [9.17, 15) is 14.0 Å². The topological polar surface area (TPSA) is 55.4 Å². The third-order valence-corrected chi connectivity index (χ3v) is 6.87. The van der Waals surface area contributed by atoms with Crippen LogP contribution in [0.3, 0.4) is 0 Å². The average Bonchev–Trinajstić information content (AvgIpc) is 2.59. The lowest BCUT2D eigenvalue weighted by molar-refractivity contribution is -0.171. The number of ether oxygens (including phenoxy) is 1. The summed E-state index contributed by atoms with van der Waals surface area (Å²) in [4.78, 5) is 24.5. The van der Waals surface area contributed by atoms with Crippen LogP contribution in [0.1, 0.15) is 44.1 Å². The Morgan fingerprint density at radius 3 is 2.56 bits per heavy atom. The lowest BCUT2D eigenvalue weighted by Gasteiger charge is -2.58. The lowest BCUT2D eigenvalue weighted by atomic mass is 9.49. The van der Waals surface area contributed by atoms with Gasteiger partial charge in [0.05, 0.1) is 5.41 Å². The Bertz CT molecular complexity index is 739. The number of hydrogen-bond donors (Lipinski definition) is 1. The quantitative estimate of drug-likeness (QED) is 0.593. The van der Waals surface area contributed by atoms with E-state index in [4.69, 9.17) is 16.3 Å². The number of nitrogens with one attached hydrogen (secondary N) is 1. The minimum Gasteiger partial charge on any atom is -0.455 e. The van der Waals surface area contributed by atoms with E-state index in [-0.39, 0.29) is 29.2 Å². The van der Waals surface area contributed by atoms with Crippen LogP contribution in [-0.4, -0.2) is 29.9 Å². The molecule has 1 aromatic rings. The molecule has 146 valence electrons. The Balaban J connectivity index is 1.26. The van der Waals surface area contributed by atoms with Crippen molar-refractivity contribution >= 4 is 23.5 Å². The predicted molar refractivity (Wildman–Crippen MR) is 99.8 cm³/mol. The molecular formula is C21H25ClFNO3. The second-order valence-electron chi connectivity index (χ2n) is 8.66. The number of carbonyl (C=O) groups excluding carboxylic acids is 2. The summed E-state index contributed by atoms with van der Waals surface area (Å²) in [5.74, 6) is 0.0997. The molecule has 0 heterocycles. The van der Waals surface area contributed by atoms with Crippen LogP contribution in [-0.2, 0) is 20.7 Å². The van der Waals surface area contributed by atoms with E-state index < -0.39 is 5.41 Å². The Morgan fingerprint density at radius 1 is 1.19 bits per heavy atom. The fourth-order valence-corrected chi connectivity index (χ4v) is 6.45. The van der Waals surface area contributed by atoms with Crippen molar-refractivity contribution in [3.8, 4) is 0 Å². The predicted octanol–water partition coefficient (Wildman–Crippen LogP) is 3.61. The maximum Gasteiger partial charge on any atom is 0.312 e. The number of alkyl halides is 1. The van der Waals surface area contributed by atoms with Crippen LogP contribution in [0.15, 0.2) is 24.3 Å². The molecule has 0 aliphatic heterocycles. The van der Waals surface area contributed by atoms with Gasteiger partial charge in [-0.05, 0) is 68.4 Å². The molecule has 27 heavy (non-hydrogen) atoms. The molecule has 6 heteroatoms. The molecule has 4 saturated carbocycles. The molecule has 5 rings (SSSR count). The molecule has 4 fully saturated rings. The zero-order valence-corrected chi connectivity index (χ0v) is 16.1. The summed E-state index contributed by atoms with van der Waals surface area (Å²) in [6, 6.07) is 6.48. The second kappa shape index (κ2) is 7.08. The van der Waals surface area contributed by atoms with Gasteiger partial charge in [-0.3, -0.25) is 9.59 Å². The number of halogens is 2. The first kappa shape index (κ1) is 18.7. The summed E-state index contributed by atoms with van der Waals surface area (Å²) in [5, 5.41) is 2.69. The minimum atomic E-state index is -0.501. The Kier molecular flexibility index (Phi) is 4.91. The highest BCUT2D eigenvalue weighted by Crippen LogP contribution is 2.64. The first-order valence-electron chi connectivity index (χ1n) is 9.74. The third kappa shape index (κ3) is 3.84. The number of carbonyl (C=O) groups is 2. The number of esters is 1. The number of hydrogen-bond acceptors (Lipinski definition) is 3. The molecule has 4 atom stereocenters. The van der Waals surface area contributed by atoms with Gasteiger partial charge in [-0.15, -0.1) is 11.6 Å². The van der Waals surface area contributed by atoms with E-state index >= 15 is 0 Å². The van der Waals surface area contributed by atoms with Gasteiger partial charge in [-0.2, -0.15) is 0 Å². The highest BCUT2D eigenvalue weighted by atomic mass is 35.5. The van der Waals surface area contributed by atoms with Crippen molar-refractivity contribution in [1.29, 1.82) is 0 Å². The summed E-state index contributed by atoms with van der Waals surface area (Å²) in [6.45, 7) is 0.0138. The molecule has 4 bridgehead atoms. The van der Waals surface area contributed by atoms with Gasteiger partial charge in [0.15, 0.2) is 6.61 Å². The van der Waals surface area contributed by atoms with Crippen LogP contribution >= 0.6 is 11.6 Å². The van der Waals surface area contributed by atoms with E-state index in [0.29, 0.717) is 36.8 Å². The molecular weight excluding hydrogens is 369 g/mol. The summed E-state index contributed by atoms with van der Waals surface area (Å²) >= 11 is 6.75. The minimum absolute atomic E-state index is 0.259. The Labute approximate surface area is 163 Å². The fourth-order valence-electron chi connectivity index (χ4n) is 5.76. The molecule has 4 aliphatic carbocycles. The monoisotopic (exact) mass is 393 g/mol. The summed E-state index contributed by atoms with van der Waals surface area (Å²) in [7, 11) is 0. The van der Waals surface area contributed by atoms with Crippen molar-refractivity contribution in [3.05, 3.63) is 35.6 Å². The molecule has 1 aromatic carbocycles. The molecule has 1 amide bonds. The maximum absolute atomic E-state index is 13.6. The summed E-state index contributed by atoms with van der Waals surface area (Å²) in [6.07, 6.45) is 5.90. The number of rotatable bonds is 6. The van der Waals surface area contributed by atoms with E-state index in [1.54, 1.807) is 18.2 Å². The van der Waals surface area contributed by atoms with Gasteiger partial charge < -0.3 is 10.1 Å². The van der Waals surface area contributed by atoms with E-state index in [2.05, 4.69) is 5.32 Å². The van der Waals surface area contributed by atoms with Crippen molar-refractivity contribution in [2.75, 3.05) is 13.2 Å². The zero-order chi connectivity index (χ0) is 19.1. The Hall–Kier alpha value is -1.62. The SMILES string of the molecule is O=C(COC(=O)C12C[C@@H]3C[C@@H](CC(Cl)(C3)C1)C2)NCCc1ccccc1F. The van der Waals surface area contributed by atoms with Crippen LogP contribution in [0.4, 0.5) is 4.39 Å². The van der Waals surface area contributed by atoms with Crippen molar-refractivity contribution in [1.82, 2.24) is 5.32 Å². The van der Waals surface area contributed by atoms with E-state index in [1.165, 1.54) is 12.5 Å². The highest BCUT2D eigenvalue weighted by molar-refractivity contribution is 6.24. The largest absolute Gasteiger partial charge is 0.455 e. The molecule has 0 aromatic heterocycles. The standard InChI is InChI=1S/C21H25ClFNO3/c22-21-10-14-7-15(11-21)9-20(8-14,13-21)19(26)27-12-18(25)24-6-5-16-3-1-2-4-17(16)23/h1-4,14-15H,5-13H2,(H,24,25)/t14-,15+,20?,21?. The van der Waals surface area contributed by atoms with Gasteiger partial charge in [0.25, 0.3) is 5.91 Å². The van der Waals surface area contributed by atoms with Crippen LogP contribution in [0, 0.1) is 23.1 Å². The van der Waals surface area contributed by atoms with Crippen LogP contribution in [0.25, 0.3) is 0 Å². The van der Waals surface area contributed by atoms with Gasteiger partial charge in [0.1, 0.15) is 5.82 Å². The van der Waals surface area contributed by atoms with Crippen LogP contribution < -0.4 is 5.32 Å². The molecule has 0 radical (unpaired) electrons. The van der Waals surface area contributed by atoms with Crippen LogP contribution in [0.2, 0.25) is 0 Å². The van der Waals surface area contributed by atoms with Gasteiger partial charge in [0.2, 0.25) is 0 Å². The Morgan fingerprint density at radius 2 is 1.89 bits per heavy atom. The van der Waals surface area contributed by atoms with Crippen molar-refractivity contribution < 1.29 is 18.7 Å². The van der Waals surface area contributed by atoms with Crippen LogP contribution in [0.5, 0.6) is 0 Å². The first-order valence-corrected chi connectivity index (χ1v) is 10.1. The zero-order valence-electron chi connectivity index (χ0n) is 15.3. The van der Waals surface area contributed by atoms with Crippen molar-refractivity contribution in [3.63, 3.8) is 0 Å². The molecule has 4 nitrogen and oxygen atoms in total. The summed E-state index contributed by atoms with van der Waals surface area (Å²) in [5.41, 5.74) is 0.0509. The van der Waals surface area contributed by atoms with E-state index in [1.807, 2.05) is 0 Å². The summed E-state index contributed by atoms with van der Waals surface area (Å²) < 4.78 is 18.9. The lowest BCUT2D eigenvalue weighted by Crippen LogP contribution is -2.56. The van der Waals surface area contributed by atoms with Crippen molar-refractivity contribution in [2.24, 2.45) is 17.3 Å². The van der Waals surface area contributed by atoms with Gasteiger partial charge in [-0.1, -0.05) is 18.2 Å².